The molecule has 0 radical (unpaired) electrons. The molecule has 1 aromatic carbocycles. The van der Waals surface area contributed by atoms with Crippen molar-refractivity contribution < 1.29 is 13.2 Å². The standard InChI is InChI=1S/C13H12N6O3S2/c14-12-17-13(18-19(12)11(20)10-2-1-7-23-10)16-8-3-5-9(6-4-8)24(15,21)22/h1-7H,(H2,15,21,22)(H3,14,16,17,18). The number of sulfonamides is 1. The molecule has 2 heterocycles. The number of hydrogen-bond donors (Lipinski definition) is 3. The normalized spacial score (nSPS) is 11.4. The van der Waals surface area contributed by atoms with Gasteiger partial charge in [-0.2, -0.15) is 9.67 Å². The fourth-order valence-electron chi connectivity index (χ4n) is 1.89. The highest BCUT2D eigenvalue weighted by Gasteiger charge is 2.17. The van der Waals surface area contributed by atoms with Crippen LogP contribution >= 0.6 is 11.3 Å². The Morgan fingerprint density at radius 1 is 1.21 bits per heavy atom. The van der Waals surface area contributed by atoms with Crippen LogP contribution in [0.25, 0.3) is 0 Å². The molecule has 0 unspecified atom stereocenters. The van der Waals surface area contributed by atoms with Crippen molar-refractivity contribution in [3.05, 3.63) is 46.7 Å². The van der Waals surface area contributed by atoms with Gasteiger partial charge in [0.15, 0.2) is 0 Å². The van der Waals surface area contributed by atoms with Crippen molar-refractivity contribution in [2.45, 2.75) is 4.90 Å². The summed E-state index contributed by atoms with van der Waals surface area (Å²) in [5, 5.41) is 13.7. The highest BCUT2D eigenvalue weighted by Crippen LogP contribution is 2.18. The van der Waals surface area contributed by atoms with Gasteiger partial charge in [-0.1, -0.05) is 6.07 Å². The molecular weight excluding hydrogens is 352 g/mol. The Kier molecular flexibility index (Phi) is 4.05. The maximum absolute atomic E-state index is 12.2. The molecule has 9 nitrogen and oxygen atoms in total. The molecule has 0 fully saturated rings. The number of nitrogen functional groups attached to an aromatic ring is 1. The zero-order valence-electron chi connectivity index (χ0n) is 12.1. The molecule has 0 saturated heterocycles. The van der Waals surface area contributed by atoms with E-state index in [2.05, 4.69) is 15.4 Å². The third-order valence-corrected chi connectivity index (χ3v) is 4.78. The highest BCUT2D eigenvalue weighted by molar-refractivity contribution is 7.89. The van der Waals surface area contributed by atoms with E-state index in [9.17, 15) is 13.2 Å². The Bertz CT molecular complexity index is 977. The van der Waals surface area contributed by atoms with Crippen LogP contribution in [0.5, 0.6) is 0 Å². The lowest BCUT2D eigenvalue weighted by molar-refractivity contribution is 0.0952. The summed E-state index contributed by atoms with van der Waals surface area (Å²) in [6.07, 6.45) is 0. The van der Waals surface area contributed by atoms with Crippen molar-refractivity contribution in [1.29, 1.82) is 0 Å². The number of nitrogens with one attached hydrogen (secondary N) is 1. The zero-order chi connectivity index (χ0) is 17.3. The number of primary sulfonamides is 1. The summed E-state index contributed by atoms with van der Waals surface area (Å²) in [7, 11) is -3.76. The van der Waals surface area contributed by atoms with Crippen LogP contribution < -0.4 is 16.2 Å². The molecule has 0 spiro atoms. The number of anilines is 3. The van der Waals surface area contributed by atoms with Gasteiger partial charge in [0.1, 0.15) is 0 Å². The van der Waals surface area contributed by atoms with Crippen LogP contribution in [0.3, 0.4) is 0 Å². The van der Waals surface area contributed by atoms with Crippen LogP contribution in [0, 0.1) is 0 Å². The van der Waals surface area contributed by atoms with Crippen molar-refractivity contribution in [3.8, 4) is 0 Å². The van der Waals surface area contributed by atoms with E-state index in [-0.39, 0.29) is 22.7 Å². The summed E-state index contributed by atoms with van der Waals surface area (Å²) in [5.41, 5.74) is 6.24. The van der Waals surface area contributed by atoms with E-state index >= 15 is 0 Å². The van der Waals surface area contributed by atoms with E-state index in [1.165, 1.54) is 35.6 Å². The van der Waals surface area contributed by atoms with Gasteiger partial charge in [-0.25, -0.2) is 13.6 Å². The first kappa shape index (κ1) is 16.1. The smallest absolute Gasteiger partial charge is 0.291 e. The number of thiophene rings is 1. The molecule has 0 bridgehead atoms. The van der Waals surface area contributed by atoms with Gasteiger partial charge in [0.25, 0.3) is 5.91 Å². The molecule has 0 amide bonds. The maximum Gasteiger partial charge on any atom is 0.291 e. The maximum atomic E-state index is 12.2. The third-order valence-electron chi connectivity index (χ3n) is 3.00. The lowest BCUT2D eigenvalue weighted by Crippen LogP contribution is -2.15. The van der Waals surface area contributed by atoms with Crippen LogP contribution in [0.4, 0.5) is 17.6 Å². The van der Waals surface area contributed by atoms with E-state index in [1.54, 1.807) is 17.5 Å². The van der Waals surface area contributed by atoms with Crippen molar-refractivity contribution in [2.75, 3.05) is 11.1 Å². The number of nitrogens with two attached hydrogens (primary N) is 2. The fourth-order valence-corrected chi connectivity index (χ4v) is 3.05. The molecule has 0 aliphatic heterocycles. The molecule has 0 aliphatic carbocycles. The Morgan fingerprint density at radius 2 is 1.92 bits per heavy atom. The number of hydrogen-bond acceptors (Lipinski definition) is 8. The first-order valence-corrected chi connectivity index (χ1v) is 8.98. The molecule has 2 aromatic heterocycles. The second kappa shape index (κ2) is 6.03. The van der Waals surface area contributed by atoms with Gasteiger partial charge in [-0.3, -0.25) is 4.79 Å². The fraction of sp³-hybridized carbons (Fsp3) is 0. The molecule has 124 valence electrons. The Balaban J connectivity index is 1.82. The predicted molar refractivity (Wildman–Crippen MR) is 89.6 cm³/mol. The van der Waals surface area contributed by atoms with Gasteiger partial charge in [-0.05, 0) is 35.7 Å². The van der Waals surface area contributed by atoms with E-state index in [0.29, 0.717) is 10.6 Å². The average Bonchev–Trinajstić information content (AvgIpc) is 3.16. The van der Waals surface area contributed by atoms with Gasteiger partial charge >= 0.3 is 0 Å². The van der Waals surface area contributed by atoms with Crippen molar-refractivity contribution in [3.63, 3.8) is 0 Å². The summed E-state index contributed by atoms with van der Waals surface area (Å²) in [6.45, 7) is 0. The van der Waals surface area contributed by atoms with Crippen molar-refractivity contribution >= 4 is 44.9 Å². The zero-order valence-corrected chi connectivity index (χ0v) is 13.7. The molecular formula is C13H12N6O3S2. The van der Waals surface area contributed by atoms with Gasteiger partial charge in [0.2, 0.25) is 21.9 Å². The second-order valence-electron chi connectivity index (χ2n) is 4.68. The first-order chi connectivity index (χ1) is 11.3. The first-order valence-electron chi connectivity index (χ1n) is 6.55. The molecule has 0 saturated carbocycles. The minimum absolute atomic E-state index is 0.0149. The number of carbonyl (C=O) groups excluding carboxylic acids is 1. The van der Waals surface area contributed by atoms with E-state index in [1.807, 2.05) is 0 Å². The average molecular weight is 364 g/mol. The minimum atomic E-state index is -3.76. The Labute approximate surface area is 141 Å². The van der Waals surface area contributed by atoms with Gasteiger partial charge in [0.05, 0.1) is 9.77 Å². The second-order valence-corrected chi connectivity index (χ2v) is 7.19. The minimum Gasteiger partial charge on any atom is -0.368 e. The summed E-state index contributed by atoms with van der Waals surface area (Å²) in [5.74, 6) is -0.328. The third kappa shape index (κ3) is 3.27. The van der Waals surface area contributed by atoms with E-state index in [0.717, 1.165) is 4.68 Å². The molecule has 3 aromatic rings. The molecule has 0 atom stereocenters. The Hall–Kier alpha value is -2.76. The van der Waals surface area contributed by atoms with Gasteiger partial charge < -0.3 is 11.1 Å². The lowest BCUT2D eigenvalue weighted by Gasteiger charge is -2.03. The van der Waals surface area contributed by atoms with Crippen molar-refractivity contribution in [2.24, 2.45) is 5.14 Å². The Morgan fingerprint density at radius 3 is 2.50 bits per heavy atom. The number of aromatic nitrogens is 3. The van der Waals surface area contributed by atoms with Crippen LogP contribution in [-0.2, 0) is 10.0 Å². The quantitative estimate of drug-likeness (QED) is 0.626. The topological polar surface area (TPSA) is 146 Å². The molecule has 11 heteroatoms. The predicted octanol–water partition coefficient (Wildman–Crippen LogP) is 1.00. The molecule has 5 N–H and O–H groups in total. The SMILES string of the molecule is Nc1nc(Nc2ccc(S(N)(=O)=O)cc2)nn1C(=O)c1cccs1. The number of nitrogens with zero attached hydrogens (tertiary/aromatic N) is 3. The monoisotopic (exact) mass is 364 g/mol. The molecule has 24 heavy (non-hydrogen) atoms. The van der Waals surface area contributed by atoms with Crippen LogP contribution in [0.2, 0.25) is 0 Å². The van der Waals surface area contributed by atoms with Gasteiger partial charge in [0, 0.05) is 5.69 Å². The molecule has 0 aliphatic rings. The number of benzene rings is 1. The van der Waals surface area contributed by atoms with E-state index in [4.69, 9.17) is 10.9 Å². The van der Waals surface area contributed by atoms with Crippen LogP contribution in [0.15, 0.2) is 46.7 Å². The van der Waals surface area contributed by atoms with Crippen molar-refractivity contribution in [1.82, 2.24) is 14.8 Å². The van der Waals surface area contributed by atoms with Gasteiger partial charge in [-0.15, -0.1) is 16.4 Å². The van der Waals surface area contributed by atoms with E-state index < -0.39 is 10.0 Å². The number of carbonyl (C=O) groups is 1. The highest BCUT2D eigenvalue weighted by atomic mass is 32.2. The summed E-state index contributed by atoms with van der Waals surface area (Å²) >= 11 is 1.27. The van der Waals surface area contributed by atoms with Crippen LogP contribution in [0.1, 0.15) is 9.67 Å². The largest absolute Gasteiger partial charge is 0.368 e. The summed E-state index contributed by atoms with van der Waals surface area (Å²) in [6, 6.07) is 9.09. The summed E-state index contributed by atoms with van der Waals surface area (Å²) < 4.78 is 23.4. The number of rotatable bonds is 4. The lowest BCUT2D eigenvalue weighted by atomic mass is 10.3. The summed E-state index contributed by atoms with van der Waals surface area (Å²) in [4.78, 5) is 16.7. The van der Waals surface area contributed by atoms with Crippen LogP contribution in [-0.4, -0.2) is 29.1 Å². The molecule has 3 rings (SSSR count).